The van der Waals surface area contributed by atoms with Crippen LogP contribution in [0.1, 0.15) is 21.5 Å². The number of ether oxygens (including phenoxy) is 1. The zero-order chi connectivity index (χ0) is 10.6. The van der Waals surface area contributed by atoms with Gasteiger partial charge >= 0.3 is 5.97 Å². The first-order valence-electron chi connectivity index (χ1n) is 4.43. The number of benzene rings is 1. The third-order valence-electron chi connectivity index (χ3n) is 2.09. The van der Waals surface area contributed by atoms with E-state index in [0.717, 1.165) is 22.9 Å². The second kappa shape index (κ2) is 5.15. The zero-order valence-corrected chi connectivity index (χ0v) is 9.93. The highest BCUT2D eigenvalue weighted by Crippen LogP contribution is 2.13. The van der Waals surface area contributed by atoms with Crippen LogP contribution in [0.25, 0.3) is 0 Å². The molecule has 0 aliphatic carbocycles. The van der Waals surface area contributed by atoms with E-state index >= 15 is 0 Å². The maximum absolute atomic E-state index is 11.4. The molecule has 0 fully saturated rings. The highest BCUT2D eigenvalue weighted by Gasteiger charge is 2.09. The molecule has 0 amide bonds. The van der Waals surface area contributed by atoms with E-state index in [1.807, 2.05) is 25.1 Å². The molecule has 0 saturated carbocycles. The molecular formula is C11H13BrO2. The molecular weight excluding hydrogens is 244 g/mol. The van der Waals surface area contributed by atoms with Gasteiger partial charge in [-0.25, -0.2) is 4.79 Å². The fourth-order valence-corrected chi connectivity index (χ4v) is 1.72. The molecule has 14 heavy (non-hydrogen) atoms. The van der Waals surface area contributed by atoms with Crippen molar-refractivity contribution in [3.63, 3.8) is 0 Å². The summed E-state index contributed by atoms with van der Waals surface area (Å²) >= 11 is 3.37. The second-order valence-electron chi connectivity index (χ2n) is 3.08. The average molecular weight is 257 g/mol. The lowest BCUT2D eigenvalue weighted by molar-refractivity contribution is 0.0600. The van der Waals surface area contributed by atoms with E-state index in [2.05, 4.69) is 15.9 Å². The molecule has 2 nitrogen and oxygen atoms in total. The van der Waals surface area contributed by atoms with E-state index in [1.54, 1.807) is 0 Å². The second-order valence-corrected chi connectivity index (χ2v) is 3.87. The van der Waals surface area contributed by atoms with Gasteiger partial charge in [0.25, 0.3) is 0 Å². The lowest BCUT2D eigenvalue weighted by atomic mass is 10.0. The Kier molecular flexibility index (Phi) is 4.14. The van der Waals surface area contributed by atoms with Crippen LogP contribution in [0.5, 0.6) is 0 Å². The Bertz CT molecular complexity index is 334. The Hall–Kier alpha value is -0.830. The molecule has 3 heteroatoms. The summed E-state index contributed by atoms with van der Waals surface area (Å²) in [6.07, 6.45) is 0.921. The molecule has 1 aromatic carbocycles. The summed E-state index contributed by atoms with van der Waals surface area (Å²) in [6, 6.07) is 5.87. The first-order valence-corrected chi connectivity index (χ1v) is 5.55. The number of aryl methyl sites for hydroxylation is 2. The molecule has 0 bridgehead atoms. The highest BCUT2D eigenvalue weighted by atomic mass is 79.9. The van der Waals surface area contributed by atoms with E-state index < -0.39 is 0 Å². The van der Waals surface area contributed by atoms with Gasteiger partial charge in [-0.1, -0.05) is 28.1 Å². The summed E-state index contributed by atoms with van der Waals surface area (Å²) in [4.78, 5) is 11.4. The van der Waals surface area contributed by atoms with Crippen LogP contribution in [-0.2, 0) is 11.2 Å². The molecule has 0 unspecified atom stereocenters. The minimum absolute atomic E-state index is 0.265. The minimum atomic E-state index is -0.265. The van der Waals surface area contributed by atoms with Crippen molar-refractivity contribution >= 4 is 21.9 Å². The third kappa shape index (κ3) is 2.58. The van der Waals surface area contributed by atoms with Crippen LogP contribution in [0.15, 0.2) is 18.2 Å². The first-order chi connectivity index (χ1) is 6.69. The molecule has 0 aliphatic heterocycles. The topological polar surface area (TPSA) is 26.3 Å². The van der Waals surface area contributed by atoms with Crippen LogP contribution in [0, 0.1) is 6.92 Å². The van der Waals surface area contributed by atoms with Gasteiger partial charge in [-0.2, -0.15) is 0 Å². The third-order valence-corrected chi connectivity index (χ3v) is 2.49. The maximum Gasteiger partial charge on any atom is 0.338 e. The number of esters is 1. The number of methoxy groups -OCH3 is 1. The van der Waals surface area contributed by atoms with Crippen molar-refractivity contribution in [3.05, 3.63) is 34.9 Å². The summed E-state index contributed by atoms with van der Waals surface area (Å²) in [5, 5.41) is 0.899. The van der Waals surface area contributed by atoms with Gasteiger partial charge in [-0.15, -0.1) is 0 Å². The van der Waals surface area contributed by atoms with Crippen molar-refractivity contribution in [1.82, 2.24) is 0 Å². The van der Waals surface area contributed by atoms with Crippen LogP contribution in [-0.4, -0.2) is 18.4 Å². The van der Waals surface area contributed by atoms with Crippen LogP contribution in [0.3, 0.4) is 0 Å². The molecule has 0 aromatic heterocycles. The van der Waals surface area contributed by atoms with Gasteiger partial charge in [-0.05, 0) is 30.5 Å². The predicted octanol–water partition coefficient (Wildman–Crippen LogP) is 2.72. The van der Waals surface area contributed by atoms with Gasteiger partial charge < -0.3 is 4.74 Å². The van der Waals surface area contributed by atoms with Crippen molar-refractivity contribution in [3.8, 4) is 0 Å². The van der Waals surface area contributed by atoms with Crippen LogP contribution in [0.4, 0.5) is 0 Å². The van der Waals surface area contributed by atoms with Gasteiger partial charge in [0, 0.05) is 5.33 Å². The summed E-state index contributed by atoms with van der Waals surface area (Å²) in [5.74, 6) is -0.265. The Labute approximate surface area is 92.4 Å². The molecule has 0 radical (unpaired) electrons. The number of rotatable bonds is 3. The smallest absolute Gasteiger partial charge is 0.338 e. The standard InChI is InChI=1S/C11H13BrO2/c1-8-3-4-9(5-6-12)7-10(8)11(13)14-2/h3-4,7H,5-6H2,1-2H3. The van der Waals surface area contributed by atoms with E-state index in [0.29, 0.717) is 5.56 Å². The fraction of sp³-hybridized carbons (Fsp3) is 0.364. The Balaban J connectivity index is 3.01. The lowest BCUT2D eigenvalue weighted by Crippen LogP contribution is -2.04. The van der Waals surface area contributed by atoms with Gasteiger partial charge in [0.2, 0.25) is 0 Å². The van der Waals surface area contributed by atoms with Gasteiger partial charge in [-0.3, -0.25) is 0 Å². The molecule has 1 rings (SSSR count). The SMILES string of the molecule is COC(=O)c1cc(CCBr)ccc1C. The van der Waals surface area contributed by atoms with Gasteiger partial charge in [0.1, 0.15) is 0 Å². The zero-order valence-electron chi connectivity index (χ0n) is 8.34. The molecule has 0 heterocycles. The maximum atomic E-state index is 11.4. The monoisotopic (exact) mass is 256 g/mol. The summed E-state index contributed by atoms with van der Waals surface area (Å²) in [7, 11) is 1.40. The normalized spacial score (nSPS) is 9.93. The molecule has 0 aliphatic rings. The van der Waals surface area contributed by atoms with E-state index in [1.165, 1.54) is 7.11 Å². The molecule has 0 spiro atoms. The van der Waals surface area contributed by atoms with Crippen molar-refractivity contribution in [2.24, 2.45) is 0 Å². The molecule has 0 saturated heterocycles. The van der Waals surface area contributed by atoms with Crippen LogP contribution >= 0.6 is 15.9 Å². The average Bonchev–Trinajstić information content (AvgIpc) is 2.20. The van der Waals surface area contributed by atoms with E-state index in [4.69, 9.17) is 4.74 Å². The summed E-state index contributed by atoms with van der Waals surface area (Å²) < 4.78 is 4.70. The van der Waals surface area contributed by atoms with Crippen molar-refractivity contribution < 1.29 is 9.53 Å². The molecule has 0 N–H and O–H groups in total. The fourth-order valence-electron chi connectivity index (χ4n) is 1.26. The largest absolute Gasteiger partial charge is 0.465 e. The number of carbonyl (C=O) groups excluding carboxylic acids is 1. The number of carbonyl (C=O) groups is 1. The van der Waals surface area contributed by atoms with Gasteiger partial charge in [0.05, 0.1) is 12.7 Å². The van der Waals surface area contributed by atoms with E-state index in [9.17, 15) is 4.79 Å². The Morgan fingerprint density at radius 2 is 2.21 bits per heavy atom. The van der Waals surface area contributed by atoms with Crippen molar-refractivity contribution in [2.45, 2.75) is 13.3 Å². The quantitative estimate of drug-likeness (QED) is 0.614. The number of hydrogen-bond acceptors (Lipinski definition) is 2. The van der Waals surface area contributed by atoms with E-state index in [-0.39, 0.29) is 5.97 Å². The van der Waals surface area contributed by atoms with Crippen molar-refractivity contribution in [1.29, 1.82) is 0 Å². The van der Waals surface area contributed by atoms with Crippen LogP contribution in [0.2, 0.25) is 0 Å². The highest BCUT2D eigenvalue weighted by molar-refractivity contribution is 9.09. The number of alkyl halides is 1. The van der Waals surface area contributed by atoms with Gasteiger partial charge in [0.15, 0.2) is 0 Å². The summed E-state index contributed by atoms with van der Waals surface area (Å²) in [6.45, 7) is 1.91. The molecule has 1 aromatic rings. The first kappa shape index (κ1) is 11.2. The van der Waals surface area contributed by atoms with Crippen LogP contribution < -0.4 is 0 Å². The Morgan fingerprint density at radius 3 is 2.79 bits per heavy atom. The Morgan fingerprint density at radius 1 is 1.50 bits per heavy atom. The van der Waals surface area contributed by atoms with Crippen molar-refractivity contribution in [2.75, 3.05) is 12.4 Å². The molecule has 0 atom stereocenters. The number of hydrogen-bond donors (Lipinski definition) is 0. The number of halogens is 1. The minimum Gasteiger partial charge on any atom is -0.465 e. The predicted molar refractivity (Wildman–Crippen MR) is 60.0 cm³/mol. The lowest BCUT2D eigenvalue weighted by Gasteiger charge is -2.05. The molecule has 76 valence electrons. The summed E-state index contributed by atoms with van der Waals surface area (Å²) in [5.41, 5.74) is 2.76.